The van der Waals surface area contributed by atoms with Crippen molar-refractivity contribution in [3.8, 4) is 17.1 Å². The van der Waals surface area contributed by atoms with Gasteiger partial charge in [0.25, 0.3) is 5.69 Å². The number of hydrogen-bond acceptors (Lipinski definition) is 3. The predicted molar refractivity (Wildman–Crippen MR) is 154 cm³/mol. The molecule has 0 unspecified atom stereocenters. The summed E-state index contributed by atoms with van der Waals surface area (Å²) in [6.07, 6.45) is -3.44. The Labute approximate surface area is 248 Å². The fourth-order valence-corrected chi connectivity index (χ4v) is 5.26. The summed E-state index contributed by atoms with van der Waals surface area (Å²) in [6, 6.07) is 31.6. The highest BCUT2D eigenvalue weighted by Gasteiger charge is 2.42. The van der Waals surface area contributed by atoms with Gasteiger partial charge in [0, 0.05) is 11.8 Å². The van der Waals surface area contributed by atoms with Crippen molar-refractivity contribution in [1.29, 1.82) is 0 Å². The molecule has 216 valence electrons. The third-order valence-electron chi connectivity index (χ3n) is 7.23. The van der Waals surface area contributed by atoms with Crippen LogP contribution < -0.4 is 0 Å². The lowest BCUT2D eigenvalue weighted by atomic mass is 9.69. The Bertz CT molecular complexity index is 1960. The molecular weight excluding hydrogens is 573 g/mol. The molecule has 0 radical (unpaired) electrons. The maximum Gasteiger partial charge on any atom is 0.435 e. The molecule has 0 amide bonds. The Morgan fingerprint density at radius 1 is 0.636 bits per heavy atom. The van der Waals surface area contributed by atoms with Crippen molar-refractivity contribution in [3.05, 3.63) is 173 Å². The van der Waals surface area contributed by atoms with E-state index in [9.17, 15) is 17.6 Å². The first-order chi connectivity index (χ1) is 21.2. The van der Waals surface area contributed by atoms with Crippen molar-refractivity contribution in [2.24, 2.45) is 0 Å². The van der Waals surface area contributed by atoms with Gasteiger partial charge in [-0.05, 0) is 53.6 Å². The van der Waals surface area contributed by atoms with Crippen molar-refractivity contribution >= 4 is 5.69 Å². The molecule has 0 spiro atoms. The fourth-order valence-electron chi connectivity index (χ4n) is 5.26. The second-order valence-corrected chi connectivity index (χ2v) is 9.78. The van der Waals surface area contributed by atoms with Crippen LogP contribution in [-0.4, -0.2) is 19.7 Å². The Hall–Kier alpha value is -5.69. The summed E-state index contributed by atoms with van der Waals surface area (Å²) >= 11 is 0. The molecule has 0 aliphatic heterocycles. The average molecular weight is 594 g/mol. The molecule has 10 heteroatoms. The van der Waals surface area contributed by atoms with Gasteiger partial charge in [0.05, 0.1) is 23.7 Å². The summed E-state index contributed by atoms with van der Waals surface area (Å²) in [5, 5.41) is 3.70. The molecule has 3 aromatic heterocycles. The first kappa shape index (κ1) is 28.4. The van der Waals surface area contributed by atoms with Gasteiger partial charge >= 0.3 is 6.18 Å². The molecule has 0 aliphatic carbocycles. The number of hydrogen-bond donors (Lipinski definition) is 0. The van der Waals surface area contributed by atoms with E-state index in [1.165, 1.54) is 12.3 Å². The summed E-state index contributed by atoms with van der Waals surface area (Å²) in [5.41, 5.74) is -0.712. The highest BCUT2D eigenvalue weighted by molar-refractivity contribution is 5.68. The number of benzene rings is 3. The molecule has 6 aromatic rings. The molecule has 0 atom stereocenters. The predicted octanol–water partition coefficient (Wildman–Crippen LogP) is 8.56. The Morgan fingerprint density at radius 3 is 1.84 bits per heavy atom. The average Bonchev–Trinajstić information content (AvgIpc) is 3.55. The molecule has 0 bridgehead atoms. The third-order valence-corrected chi connectivity index (χ3v) is 7.23. The second-order valence-electron chi connectivity index (χ2n) is 9.78. The lowest BCUT2D eigenvalue weighted by Gasteiger charge is -2.35. The van der Waals surface area contributed by atoms with E-state index < -0.39 is 34.6 Å². The van der Waals surface area contributed by atoms with Crippen LogP contribution in [0.4, 0.5) is 27.6 Å². The van der Waals surface area contributed by atoms with Crippen LogP contribution in [0, 0.1) is 18.2 Å². The van der Waals surface area contributed by atoms with E-state index in [4.69, 9.17) is 16.5 Å². The first-order valence-corrected chi connectivity index (χ1v) is 13.3. The molecule has 0 aliphatic rings. The Balaban J connectivity index is 1.64. The van der Waals surface area contributed by atoms with Gasteiger partial charge in [0.1, 0.15) is 17.0 Å². The van der Waals surface area contributed by atoms with Crippen LogP contribution in [0.5, 0.6) is 0 Å². The summed E-state index contributed by atoms with van der Waals surface area (Å²) in [6.45, 7) is 7.24. The van der Waals surface area contributed by atoms with E-state index in [1.54, 1.807) is 36.4 Å². The van der Waals surface area contributed by atoms with E-state index in [-0.39, 0.29) is 17.1 Å². The molecule has 0 saturated heterocycles. The van der Waals surface area contributed by atoms with Gasteiger partial charge in [-0.1, -0.05) is 72.8 Å². The molecular formula is C34H20F5N5. The summed E-state index contributed by atoms with van der Waals surface area (Å²) in [7, 11) is 0. The SMILES string of the molecule is [C-]#[N+]c1c(F)ccc(-c2cccc(C(c3ccccc3)(c3ccccc3)c3cccc(-n4ccc(C(F)(F)F)n4)n3)n2)c1F. The van der Waals surface area contributed by atoms with Crippen LogP contribution in [0.15, 0.2) is 121 Å². The quantitative estimate of drug-likeness (QED) is 0.144. The minimum Gasteiger partial charge on any atom is -0.251 e. The molecule has 3 aromatic carbocycles. The fraction of sp³-hybridized carbons (Fsp3) is 0.0588. The number of pyridine rings is 2. The minimum absolute atomic E-state index is 0.0628. The number of alkyl halides is 3. The van der Waals surface area contributed by atoms with Crippen LogP contribution >= 0.6 is 0 Å². The maximum atomic E-state index is 15.3. The Morgan fingerprint density at radius 2 is 1.25 bits per heavy atom. The van der Waals surface area contributed by atoms with Crippen molar-refractivity contribution in [2.75, 3.05) is 0 Å². The lowest BCUT2D eigenvalue weighted by molar-refractivity contribution is -0.141. The molecule has 0 N–H and O–H groups in total. The molecule has 0 saturated carbocycles. The Kier molecular flexibility index (Phi) is 7.23. The molecule has 3 heterocycles. The topological polar surface area (TPSA) is 48.0 Å². The zero-order valence-corrected chi connectivity index (χ0v) is 22.7. The van der Waals surface area contributed by atoms with E-state index >= 15 is 4.39 Å². The maximum absolute atomic E-state index is 15.3. The lowest BCUT2D eigenvalue weighted by Crippen LogP contribution is -2.33. The van der Waals surface area contributed by atoms with Crippen molar-refractivity contribution < 1.29 is 22.0 Å². The minimum atomic E-state index is -4.63. The molecule has 0 fully saturated rings. The summed E-state index contributed by atoms with van der Waals surface area (Å²) in [5.74, 6) is -1.88. The second kappa shape index (κ2) is 11.2. The van der Waals surface area contributed by atoms with E-state index in [1.807, 2.05) is 60.7 Å². The first-order valence-electron chi connectivity index (χ1n) is 13.3. The zero-order chi connectivity index (χ0) is 30.9. The van der Waals surface area contributed by atoms with Crippen LogP contribution in [-0.2, 0) is 11.6 Å². The van der Waals surface area contributed by atoms with Gasteiger partial charge in [-0.2, -0.15) is 18.3 Å². The standard InChI is InChI=1S/C34H20F5N5/c1-40-32-25(35)19-18-24(31(32)36)26-14-8-15-27(41-26)33(22-10-4-2-5-11-22,23-12-6-3-7-13-23)28-16-9-17-30(42-28)44-21-20-29(43-44)34(37,38)39/h2-21H. The normalized spacial score (nSPS) is 11.7. The zero-order valence-electron chi connectivity index (χ0n) is 22.7. The van der Waals surface area contributed by atoms with Gasteiger partial charge in [0.15, 0.2) is 11.5 Å². The number of rotatable bonds is 6. The van der Waals surface area contributed by atoms with Gasteiger partial charge in [-0.25, -0.2) is 23.3 Å². The summed E-state index contributed by atoms with van der Waals surface area (Å²) < 4.78 is 70.6. The van der Waals surface area contributed by atoms with Crippen LogP contribution in [0.2, 0.25) is 0 Å². The van der Waals surface area contributed by atoms with E-state index in [0.29, 0.717) is 11.4 Å². The molecule has 5 nitrogen and oxygen atoms in total. The van der Waals surface area contributed by atoms with Gasteiger partial charge in [-0.3, -0.25) is 4.98 Å². The van der Waals surface area contributed by atoms with Crippen LogP contribution in [0.3, 0.4) is 0 Å². The highest BCUT2D eigenvalue weighted by atomic mass is 19.4. The number of halogens is 5. The van der Waals surface area contributed by atoms with Crippen LogP contribution in [0.1, 0.15) is 28.2 Å². The number of nitrogens with zero attached hydrogens (tertiary/aromatic N) is 5. The smallest absolute Gasteiger partial charge is 0.251 e. The van der Waals surface area contributed by atoms with E-state index in [2.05, 4.69) is 9.94 Å². The van der Waals surface area contributed by atoms with Gasteiger partial charge in [0.2, 0.25) is 0 Å². The largest absolute Gasteiger partial charge is 0.435 e. The van der Waals surface area contributed by atoms with Crippen LogP contribution in [0.25, 0.3) is 21.9 Å². The molecule has 6 rings (SSSR count). The van der Waals surface area contributed by atoms with Crippen molar-refractivity contribution in [2.45, 2.75) is 11.6 Å². The van der Waals surface area contributed by atoms with Gasteiger partial charge < -0.3 is 0 Å². The third kappa shape index (κ3) is 4.88. The summed E-state index contributed by atoms with van der Waals surface area (Å²) in [4.78, 5) is 12.7. The van der Waals surface area contributed by atoms with E-state index in [0.717, 1.165) is 27.9 Å². The molecule has 44 heavy (non-hydrogen) atoms. The van der Waals surface area contributed by atoms with Crippen molar-refractivity contribution in [3.63, 3.8) is 0 Å². The highest BCUT2D eigenvalue weighted by Crippen LogP contribution is 2.44. The monoisotopic (exact) mass is 593 g/mol. The van der Waals surface area contributed by atoms with Crippen molar-refractivity contribution in [1.82, 2.24) is 19.7 Å². The number of aromatic nitrogens is 4. The van der Waals surface area contributed by atoms with Gasteiger partial charge in [-0.15, -0.1) is 0 Å².